The van der Waals surface area contributed by atoms with E-state index in [0.29, 0.717) is 18.4 Å². The molecule has 2 aromatic rings. The first-order valence-electron chi connectivity index (χ1n) is 8.05. The monoisotopic (exact) mass is 316 g/mol. The van der Waals surface area contributed by atoms with E-state index < -0.39 is 5.60 Å². The van der Waals surface area contributed by atoms with Crippen LogP contribution in [0.3, 0.4) is 0 Å². The lowest BCUT2D eigenvalue weighted by atomic mass is 9.92. The van der Waals surface area contributed by atoms with Gasteiger partial charge in [-0.25, -0.2) is 4.68 Å². The topological polar surface area (TPSA) is 80.0 Å². The predicted octanol–water partition coefficient (Wildman–Crippen LogP) is 2.33. The molecular weight excluding hydrogens is 292 g/mol. The lowest BCUT2D eigenvalue weighted by Gasteiger charge is -2.27. The fraction of sp³-hybridized carbons (Fsp3) is 0.471. The van der Waals surface area contributed by atoms with Gasteiger partial charge in [-0.05, 0) is 31.0 Å². The van der Waals surface area contributed by atoms with Gasteiger partial charge < -0.3 is 10.4 Å². The van der Waals surface area contributed by atoms with E-state index in [-0.39, 0.29) is 12.5 Å². The van der Waals surface area contributed by atoms with E-state index in [9.17, 15) is 9.90 Å². The van der Waals surface area contributed by atoms with Crippen molar-refractivity contribution in [3.63, 3.8) is 0 Å². The van der Waals surface area contributed by atoms with Gasteiger partial charge in [-0.3, -0.25) is 4.79 Å². The van der Waals surface area contributed by atoms with Crippen LogP contribution in [-0.4, -0.2) is 38.2 Å². The number of aromatic nitrogens is 3. The zero-order valence-electron chi connectivity index (χ0n) is 13.7. The Morgan fingerprint density at radius 3 is 2.65 bits per heavy atom. The van der Waals surface area contributed by atoms with E-state index in [1.54, 1.807) is 35.3 Å². The highest BCUT2D eigenvalue weighted by molar-refractivity contribution is 5.94. The van der Waals surface area contributed by atoms with Crippen LogP contribution in [0.5, 0.6) is 0 Å². The van der Waals surface area contributed by atoms with Crippen molar-refractivity contribution < 1.29 is 9.90 Å². The first-order chi connectivity index (χ1) is 11.1. The van der Waals surface area contributed by atoms with Crippen LogP contribution >= 0.6 is 0 Å². The minimum atomic E-state index is -0.831. The van der Waals surface area contributed by atoms with E-state index >= 15 is 0 Å². The van der Waals surface area contributed by atoms with Crippen molar-refractivity contribution in [3.05, 3.63) is 42.2 Å². The summed E-state index contributed by atoms with van der Waals surface area (Å²) in [5.41, 5.74) is 0.476. The second kappa shape index (κ2) is 7.87. The standard InChI is InChI=1S/C17H24N4O2/c1-3-8-17(23,9-4-2)13-18-16(22)14-6-5-7-15(12-14)21-11-10-19-20-21/h5-7,10-12,23H,3-4,8-9,13H2,1-2H3,(H,18,22). The summed E-state index contributed by atoms with van der Waals surface area (Å²) in [6, 6.07) is 7.16. The van der Waals surface area contributed by atoms with Crippen LogP contribution in [0.1, 0.15) is 49.9 Å². The minimum absolute atomic E-state index is 0.197. The lowest BCUT2D eigenvalue weighted by molar-refractivity contribution is 0.0213. The van der Waals surface area contributed by atoms with Crippen LogP contribution in [-0.2, 0) is 0 Å². The Morgan fingerprint density at radius 2 is 2.04 bits per heavy atom. The van der Waals surface area contributed by atoms with E-state index in [1.807, 2.05) is 19.9 Å². The van der Waals surface area contributed by atoms with Crippen LogP contribution in [0, 0.1) is 0 Å². The van der Waals surface area contributed by atoms with Crippen LogP contribution in [0.25, 0.3) is 5.69 Å². The summed E-state index contributed by atoms with van der Waals surface area (Å²) in [6.07, 6.45) is 6.43. The molecule has 0 spiro atoms. The normalized spacial score (nSPS) is 11.4. The molecule has 1 amide bonds. The Balaban J connectivity index is 2.04. The Bertz CT molecular complexity index is 619. The molecule has 0 radical (unpaired) electrons. The molecule has 0 atom stereocenters. The number of amides is 1. The van der Waals surface area contributed by atoms with E-state index in [1.165, 1.54) is 0 Å². The van der Waals surface area contributed by atoms with Crippen LogP contribution in [0.4, 0.5) is 0 Å². The number of carbonyl (C=O) groups is 1. The van der Waals surface area contributed by atoms with Gasteiger partial charge in [-0.1, -0.05) is 38.0 Å². The number of benzene rings is 1. The van der Waals surface area contributed by atoms with Crippen molar-refractivity contribution in [2.75, 3.05) is 6.54 Å². The van der Waals surface area contributed by atoms with Crippen LogP contribution in [0.2, 0.25) is 0 Å². The molecule has 2 N–H and O–H groups in total. The van der Waals surface area contributed by atoms with Gasteiger partial charge in [-0.2, -0.15) is 0 Å². The number of hydrogen-bond donors (Lipinski definition) is 2. The van der Waals surface area contributed by atoms with E-state index in [4.69, 9.17) is 0 Å². The van der Waals surface area contributed by atoms with Gasteiger partial charge in [0, 0.05) is 12.1 Å². The maximum atomic E-state index is 12.4. The number of rotatable bonds is 8. The van der Waals surface area contributed by atoms with E-state index in [0.717, 1.165) is 18.5 Å². The summed E-state index contributed by atoms with van der Waals surface area (Å²) in [5, 5.41) is 21.1. The minimum Gasteiger partial charge on any atom is -0.388 e. The van der Waals surface area contributed by atoms with Gasteiger partial charge >= 0.3 is 0 Å². The molecule has 0 fully saturated rings. The summed E-state index contributed by atoms with van der Waals surface area (Å²) in [5.74, 6) is -0.197. The average molecular weight is 316 g/mol. The number of nitrogens with one attached hydrogen (secondary N) is 1. The van der Waals surface area contributed by atoms with Crippen molar-refractivity contribution in [2.24, 2.45) is 0 Å². The van der Waals surface area contributed by atoms with Gasteiger partial charge in [0.2, 0.25) is 0 Å². The molecule has 1 aromatic heterocycles. The molecule has 124 valence electrons. The summed E-state index contributed by atoms with van der Waals surface area (Å²) < 4.78 is 1.60. The van der Waals surface area contributed by atoms with Crippen molar-refractivity contribution in [3.8, 4) is 5.69 Å². The molecule has 0 aliphatic carbocycles. The van der Waals surface area contributed by atoms with Gasteiger partial charge in [0.25, 0.3) is 5.91 Å². The third-order valence-corrected chi connectivity index (χ3v) is 3.80. The highest BCUT2D eigenvalue weighted by atomic mass is 16.3. The first-order valence-corrected chi connectivity index (χ1v) is 8.05. The van der Waals surface area contributed by atoms with Gasteiger partial charge in [0.05, 0.1) is 23.7 Å². The molecule has 0 bridgehead atoms. The second-order valence-electron chi connectivity index (χ2n) is 5.80. The number of aliphatic hydroxyl groups is 1. The molecule has 0 saturated carbocycles. The molecule has 2 rings (SSSR count). The zero-order chi connectivity index (χ0) is 16.7. The van der Waals surface area contributed by atoms with Crippen molar-refractivity contribution in [2.45, 2.75) is 45.1 Å². The molecule has 0 saturated heterocycles. The average Bonchev–Trinajstić information content (AvgIpc) is 3.08. The fourth-order valence-corrected chi connectivity index (χ4v) is 2.71. The van der Waals surface area contributed by atoms with E-state index in [2.05, 4.69) is 15.6 Å². The maximum Gasteiger partial charge on any atom is 0.251 e. The predicted molar refractivity (Wildman–Crippen MR) is 88.5 cm³/mol. The zero-order valence-corrected chi connectivity index (χ0v) is 13.7. The number of hydrogen-bond acceptors (Lipinski definition) is 4. The Morgan fingerprint density at radius 1 is 1.30 bits per heavy atom. The van der Waals surface area contributed by atoms with Crippen molar-refractivity contribution in [1.82, 2.24) is 20.3 Å². The fourth-order valence-electron chi connectivity index (χ4n) is 2.71. The molecule has 0 aliphatic rings. The van der Waals surface area contributed by atoms with Crippen LogP contribution < -0.4 is 5.32 Å². The largest absolute Gasteiger partial charge is 0.388 e. The molecule has 6 heteroatoms. The Labute approximate surface area is 136 Å². The lowest BCUT2D eigenvalue weighted by Crippen LogP contribution is -2.42. The van der Waals surface area contributed by atoms with Crippen molar-refractivity contribution >= 4 is 5.91 Å². The molecule has 23 heavy (non-hydrogen) atoms. The summed E-state index contributed by atoms with van der Waals surface area (Å²) in [6.45, 7) is 4.33. The van der Waals surface area contributed by atoms with Crippen LogP contribution in [0.15, 0.2) is 36.7 Å². The molecule has 0 unspecified atom stereocenters. The second-order valence-corrected chi connectivity index (χ2v) is 5.80. The molecule has 1 heterocycles. The summed E-state index contributed by atoms with van der Waals surface area (Å²) in [4.78, 5) is 12.4. The quantitative estimate of drug-likeness (QED) is 0.783. The molecule has 0 aliphatic heterocycles. The molecule has 6 nitrogen and oxygen atoms in total. The van der Waals surface area contributed by atoms with Gasteiger partial charge in [0.15, 0.2) is 0 Å². The van der Waals surface area contributed by atoms with Gasteiger partial charge in [-0.15, -0.1) is 5.10 Å². The highest BCUT2D eigenvalue weighted by Crippen LogP contribution is 2.19. The SMILES string of the molecule is CCCC(O)(CCC)CNC(=O)c1cccc(-n2ccnn2)c1. The Hall–Kier alpha value is -2.21. The smallest absolute Gasteiger partial charge is 0.251 e. The molecular formula is C17H24N4O2. The third-order valence-electron chi connectivity index (χ3n) is 3.80. The van der Waals surface area contributed by atoms with Crippen molar-refractivity contribution in [1.29, 1.82) is 0 Å². The van der Waals surface area contributed by atoms with Gasteiger partial charge in [0.1, 0.15) is 0 Å². The third kappa shape index (κ3) is 4.63. The maximum absolute atomic E-state index is 12.4. The molecule has 1 aromatic carbocycles. The summed E-state index contributed by atoms with van der Waals surface area (Å²) >= 11 is 0. The number of nitrogens with zero attached hydrogens (tertiary/aromatic N) is 3. The highest BCUT2D eigenvalue weighted by Gasteiger charge is 2.25. The summed E-state index contributed by atoms with van der Waals surface area (Å²) in [7, 11) is 0. The first kappa shape index (κ1) is 17.1. The Kier molecular flexibility index (Phi) is 5.87. The number of carbonyl (C=O) groups excluding carboxylic acids is 1.